The number of aliphatic carboxylic acids is 1. The van der Waals surface area contributed by atoms with E-state index in [-0.39, 0.29) is 29.6 Å². The van der Waals surface area contributed by atoms with Gasteiger partial charge >= 0.3 is 35.5 Å². The van der Waals surface area contributed by atoms with E-state index < -0.39 is 18.5 Å². The predicted molar refractivity (Wildman–Crippen MR) is 119 cm³/mol. The summed E-state index contributed by atoms with van der Waals surface area (Å²) in [5.74, 6) is -1.20. The number of fused-ring (bicyclic) bond motifs is 3. The molecule has 30 heavy (non-hydrogen) atoms. The van der Waals surface area contributed by atoms with E-state index in [0.717, 1.165) is 22.2 Å². The first-order valence-electron chi connectivity index (χ1n) is 9.19. The molecule has 0 atom stereocenters. The zero-order valence-electron chi connectivity index (χ0n) is 15.9. The van der Waals surface area contributed by atoms with Crippen molar-refractivity contribution in [2.24, 2.45) is 5.73 Å². The molecule has 3 N–H and O–H groups in total. The number of nitrogens with two attached hydrogens (primary N) is 1. The Bertz CT molecular complexity index is 1260. The Balaban J connectivity index is 0.00000256. The number of carbonyl (C=O) groups is 2. The minimum absolute atomic E-state index is 0. The average molecular weight is 412 g/mol. The number of nitrogens with zero attached hydrogens (tertiary/aromatic N) is 1. The molecule has 0 spiro atoms. The summed E-state index contributed by atoms with van der Waals surface area (Å²) >= 11 is 0. The normalized spacial score (nSPS) is 10.7. The quantitative estimate of drug-likeness (QED) is 0.476. The van der Waals surface area contributed by atoms with Crippen molar-refractivity contribution in [3.8, 4) is 5.75 Å². The molecular formula is C23H21N2NaO4. The zero-order chi connectivity index (χ0) is 20.5. The maximum absolute atomic E-state index is 12.1. The number of carboxylic acid groups (broad SMARTS) is 1. The molecule has 3 aromatic carbocycles. The van der Waals surface area contributed by atoms with Crippen molar-refractivity contribution in [1.29, 1.82) is 0 Å². The minimum atomic E-state index is -1.07. The number of benzene rings is 3. The summed E-state index contributed by atoms with van der Waals surface area (Å²) in [6.07, 6.45) is 0. The van der Waals surface area contributed by atoms with Crippen molar-refractivity contribution in [2.45, 2.75) is 13.5 Å². The van der Waals surface area contributed by atoms with Gasteiger partial charge in [0.2, 0.25) is 5.91 Å². The number of hydrogen-bond donors (Lipinski definition) is 2. The van der Waals surface area contributed by atoms with Crippen molar-refractivity contribution in [3.63, 3.8) is 0 Å². The molecule has 0 radical (unpaired) electrons. The summed E-state index contributed by atoms with van der Waals surface area (Å²) in [5.41, 5.74) is 9.98. The standard InChI is InChI=1S/C23H20N2O4.Na.H/c1-14-5-2-6-15(11-14)12-25-17-8-3-7-16(23(24)28)21(17)22-18(25)9-4-10-19(22)29-13-20(26)27;;/h2-11H,12-13H2,1H3,(H2,24,28)(H,26,27);;. The van der Waals surface area contributed by atoms with Gasteiger partial charge in [-0.3, -0.25) is 4.79 Å². The molecule has 7 heteroatoms. The molecule has 0 bridgehead atoms. The van der Waals surface area contributed by atoms with E-state index in [0.29, 0.717) is 28.6 Å². The number of aromatic nitrogens is 1. The van der Waals surface area contributed by atoms with E-state index in [1.165, 1.54) is 0 Å². The van der Waals surface area contributed by atoms with E-state index in [1.807, 2.05) is 43.3 Å². The van der Waals surface area contributed by atoms with Crippen molar-refractivity contribution in [3.05, 3.63) is 77.4 Å². The van der Waals surface area contributed by atoms with Crippen LogP contribution in [0.1, 0.15) is 21.5 Å². The number of aryl methyl sites for hydroxylation is 1. The molecule has 148 valence electrons. The third-order valence-electron chi connectivity index (χ3n) is 4.92. The van der Waals surface area contributed by atoms with Gasteiger partial charge < -0.3 is 20.1 Å². The summed E-state index contributed by atoms with van der Waals surface area (Å²) in [7, 11) is 0. The van der Waals surface area contributed by atoms with Gasteiger partial charge in [-0.2, -0.15) is 0 Å². The molecule has 1 aromatic heterocycles. The summed E-state index contributed by atoms with van der Waals surface area (Å²) in [5, 5.41) is 10.4. The first kappa shape index (κ1) is 21.9. The van der Waals surface area contributed by atoms with Crippen LogP contribution in [0.3, 0.4) is 0 Å². The Kier molecular flexibility index (Phi) is 6.51. The van der Waals surface area contributed by atoms with Gasteiger partial charge in [-0.15, -0.1) is 0 Å². The van der Waals surface area contributed by atoms with Crippen LogP contribution in [0.15, 0.2) is 60.7 Å². The second kappa shape index (κ2) is 8.92. The topological polar surface area (TPSA) is 94.6 Å². The number of carboxylic acids is 1. The first-order valence-corrected chi connectivity index (χ1v) is 9.19. The molecule has 0 unspecified atom stereocenters. The molecule has 0 fully saturated rings. The van der Waals surface area contributed by atoms with Crippen molar-refractivity contribution in [2.75, 3.05) is 6.61 Å². The van der Waals surface area contributed by atoms with Gasteiger partial charge in [-0.25, -0.2) is 4.79 Å². The number of primary amides is 1. The molecule has 0 aliphatic carbocycles. The van der Waals surface area contributed by atoms with Gasteiger partial charge in [0.05, 0.1) is 16.4 Å². The summed E-state index contributed by atoms with van der Waals surface area (Å²) in [4.78, 5) is 23.1. The van der Waals surface area contributed by atoms with Crippen LogP contribution in [-0.2, 0) is 11.3 Å². The Labute approximate surface area is 195 Å². The zero-order valence-corrected chi connectivity index (χ0v) is 15.9. The molecule has 4 rings (SSSR count). The number of carbonyl (C=O) groups excluding carboxylic acids is 1. The van der Waals surface area contributed by atoms with Gasteiger partial charge in [0.25, 0.3) is 0 Å². The second-order valence-corrected chi connectivity index (χ2v) is 6.97. The van der Waals surface area contributed by atoms with Crippen molar-refractivity contribution >= 4 is 63.2 Å². The van der Waals surface area contributed by atoms with Crippen LogP contribution in [0, 0.1) is 6.92 Å². The fourth-order valence-electron chi connectivity index (χ4n) is 3.78. The van der Waals surface area contributed by atoms with E-state index >= 15 is 0 Å². The Morgan fingerprint density at radius 3 is 2.33 bits per heavy atom. The fraction of sp³-hybridized carbons (Fsp3) is 0.130. The van der Waals surface area contributed by atoms with E-state index in [1.54, 1.807) is 18.2 Å². The van der Waals surface area contributed by atoms with Crippen LogP contribution in [0.25, 0.3) is 21.8 Å². The Morgan fingerprint density at radius 2 is 1.67 bits per heavy atom. The van der Waals surface area contributed by atoms with Crippen LogP contribution in [0.2, 0.25) is 0 Å². The Morgan fingerprint density at radius 1 is 1.00 bits per heavy atom. The number of ether oxygens (including phenoxy) is 1. The van der Waals surface area contributed by atoms with Crippen LogP contribution in [0.5, 0.6) is 5.75 Å². The molecule has 0 saturated carbocycles. The van der Waals surface area contributed by atoms with Crippen LogP contribution < -0.4 is 10.5 Å². The van der Waals surface area contributed by atoms with E-state index in [4.69, 9.17) is 15.6 Å². The van der Waals surface area contributed by atoms with Crippen molar-refractivity contribution in [1.82, 2.24) is 4.57 Å². The maximum atomic E-state index is 12.1. The van der Waals surface area contributed by atoms with Gasteiger partial charge in [0.15, 0.2) is 6.61 Å². The molecule has 0 saturated heterocycles. The molecule has 1 heterocycles. The molecular weight excluding hydrogens is 391 g/mol. The second-order valence-electron chi connectivity index (χ2n) is 6.97. The van der Waals surface area contributed by atoms with Crippen molar-refractivity contribution < 1.29 is 19.4 Å². The predicted octanol–water partition coefficient (Wildman–Crippen LogP) is 3.07. The Hall–Kier alpha value is -2.80. The molecule has 0 aliphatic rings. The van der Waals surface area contributed by atoms with Gasteiger partial charge in [-0.1, -0.05) is 42.0 Å². The van der Waals surface area contributed by atoms with Crippen LogP contribution >= 0.6 is 0 Å². The third kappa shape index (κ3) is 4.07. The van der Waals surface area contributed by atoms with Gasteiger partial charge in [0, 0.05) is 17.5 Å². The first-order chi connectivity index (χ1) is 14.0. The van der Waals surface area contributed by atoms with Crippen LogP contribution in [0.4, 0.5) is 0 Å². The molecule has 0 aliphatic heterocycles. The van der Waals surface area contributed by atoms with Crippen LogP contribution in [-0.4, -0.2) is 57.7 Å². The van der Waals surface area contributed by atoms with Gasteiger partial charge in [-0.05, 0) is 36.8 Å². The summed E-state index contributed by atoms with van der Waals surface area (Å²) in [6.45, 7) is 2.16. The number of hydrogen-bond acceptors (Lipinski definition) is 3. The SMILES string of the molecule is Cc1cccc(Cn2c3cccc(OCC(=O)O)c3c3c(C(N)=O)cccc32)c1.[NaH]. The molecule has 4 aromatic rings. The fourth-order valence-corrected chi connectivity index (χ4v) is 3.78. The molecule has 6 nitrogen and oxygen atoms in total. The van der Waals surface area contributed by atoms with E-state index in [2.05, 4.69) is 10.6 Å². The number of rotatable bonds is 6. The molecule has 1 amide bonds. The average Bonchev–Trinajstić information content (AvgIpc) is 3.01. The van der Waals surface area contributed by atoms with E-state index in [9.17, 15) is 9.59 Å². The number of amides is 1. The monoisotopic (exact) mass is 412 g/mol. The summed E-state index contributed by atoms with van der Waals surface area (Å²) < 4.78 is 7.64. The van der Waals surface area contributed by atoms with Gasteiger partial charge in [0.1, 0.15) is 5.75 Å². The third-order valence-corrected chi connectivity index (χ3v) is 4.92. The summed E-state index contributed by atoms with van der Waals surface area (Å²) in [6, 6.07) is 19.1.